The molecule has 6 nitrogen and oxygen atoms in total. The Balaban J connectivity index is 1.87. The predicted octanol–water partition coefficient (Wildman–Crippen LogP) is 3.09. The SMILES string of the molecule is CCCCOC1CC(NC(N)=NCc2ccc(OC)c(OC)c2)C1(C)C. The number of unbranched alkanes of at least 4 members (excludes halogenated alkanes) is 1. The standard InChI is InChI=1S/C20H33N3O3/c1-6-7-10-26-18-12-17(20(18,2)3)23-19(21)22-13-14-8-9-15(24-4)16(11-14)25-5/h8-9,11,17-18H,6-7,10,12-13H2,1-5H3,(H3,21,22,23). The van der Waals surface area contributed by atoms with E-state index in [1.165, 1.54) is 0 Å². The quantitative estimate of drug-likeness (QED) is 0.400. The van der Waals surface area contributed by atoms with Gasteiger partial charge in [-0.2, -0.15) is 0 Å². The zero-order chi connectivity index (χ0) is 19.2. The minimum absolute atomic E-state index is 0.0528. The molecule has 0 aliphatic heterocycles. The molecule has 1 aromatic rings. The summed E-state index contributed by atoms with van der Waals surface area (Å²) in [6.45, 7) is 7.93. The molecule has 0 spiro atoms. The summed E-state index contributed by atoms with van der Waals surface area (Å²) in [5, 5.41) is 3.34. The lowest BCUT2D eigenvalue weighted by Crippen LogP contribution is -2.63. The number of hydrogen-bond acceptors (Lipinski definition) is 4. The van der Waals surface area contributed by atoms with Gasteiger partial charge in [-0.25, -0.2) is 4.99 Å². The molecule has 1 aliphatic carbocycles. The van der Waals surface area contributed by atoms with Gasteiger partial charge in [0.05, 0.1) is 26.9 Å². The van der Waals surface area contributed by atoms with E-state index in [1.54, 1.807) is 14.2 Å². The van der Waals surface area contributed by atoms with E-state index in [1.807, 2.05) is 18.2 Å². The van der Waals surface area contributed by atoms with Gasteiger partial charge < -0.3 is 25.3 Å². The van der Waals surface area contributed by atoms with Crippen molar-refractivity contribution in [2.75, 3.05) is 20.8 Å². The van der Waals surface area contributed by atoms with Crippen molar-refractivity contribution >= 4 is 5.96 Å². The number of benzene rings is 1. The lowest BCUT2D eigenvalue weighted by Gasteiger charge is -2.51. The third kappa shape index (κ3) is 4.81. The van der Waals surface area contributed by atoms with Crippen LogP contribution in [0.2, 0.25) is 0 Å². The summed E-state index contributed by atoms with van der Waals surface area (Å²) in [5.74, 6) is 1.86. The summed E-state index contributed by atoms with van der Waals surface area (Å²) in [6, 6.07) is 6.03. The molecule has 1 aliphatic rings. The molecule has 0 amide bonds. The highest BCUT2D eigenvalue weighted by atomic mass is 16.5. The van der Waals surface area contributed by atoms with E-state index in [0.717, 1.165) is 31.4 Å². The minimum Gasteiger partial charge on any atom is -0.493 e. The van der Waals surface area contributed by atoms with Crippen LogP contribution in [0.5, 0.6) is 11.5 Å². The van der Waals surface area contributed by atoms with Crippen LogP contribution in [0.3, 0.4) is 0 Å². The number of nitrogens with zero attached hydrogens (tertiary/aromatic N) is 1. The van der Waals surface area contributed by atoms with E-state index in [4.69, 9.17) is 19.9 Å². The Morgan fingerprint density at radius 2 is 2.00 bits per heavy atom. The summed E-state index contributed by atoms with van der Waals surface area (Å²) < 4.78 is 16.5. The predicted molar refractivity (Wildman–Crippen MR) is 105 cm³/mol. The number of ether oxygens (including phenoxy) is 3. The van der Waals surface area contributed by atoms with Crippen molar-refractivity contribution in [1.82, 2.24) is 5.32 Å². The largest absolute Gasteiger partial charge is 0.493 e. The normalized spacial score (nSPS) is 21.8. The van der Waals surface area contributed by atoms with Crippen LogP contribution in [0.25, 0.3) is 0 Å². The maximum atomic E-state index is 6.09. The fraction of sp³-hybridized carbons (Fsp3) is 0.650. The van der Waals surface area contributed by atoms with E-state index in [9.17, 15) is 0 Å². The van der Waals surface area contributed by atoms with Gasteiger partial charge in [0.15, 0.2) is 17.5 Å². The summed E-state index contributed by atoms with van der Waals surface area (Å²) in [6.07, 6.45) is 3.51. The van der Waals surface area contributed by atoms with Gasteiger partial charge in [-0.05, 0) is 30.5 Å². The average molecular weight is 364 g/mol. The zero-order valence-electron chi connectivity index (χ0n) is 16.7. The third-order valence-electron chi connectivity index (χ3n) is 5.20. The van der Waals surface area contributed by atoms with Crippen molar-refractivity contribution in [3.63, 3.8) is 0 Å². The van der Waals surface area contributed by atoms with Gasteiger partial charge in [0, 0.05) is 18.1 Å². The Morgan fingerprint density at radius 3 is 2.62 bits per heavy atom. The Morgan fingerprint density at radius 1 is 1.27 bits per heavy atom. The molecule has 0 radical (unpaired) electrons. The number of rotatable bonds is 9. The van der Waals surface area contributed by atoms with Crippen LogP contribution in [-0.4, -0.2) is 38.9 Å². The van der Waals surface area contributed by atoms with Crippen LogP contribution >= 0.6 is 0 Å². The van der Waals surface area contributed by atoms with E-state index in [0.29, 0.717) is 24.0 Å². The van der Waals surface area contributed by atoms with Crippen LogP contribution in [0.15, 0.2) is 23.2 Å². The van der Waals surface area contributed by atoms with Gasteiger partial charge in [-0.15, -0.1) is 0 Å². The number of nitrogens with two attached hydrogens (primary N) is 1. The molecule has 2 rings (SSSR count). The Bertz CT molecular complexity index is 616. The first-order valence-corrected chi connectivity index (χ1v) is 9.31. The van der Waals surface area contributed by atoms with Crippen molar-refractivity contribution in [2.45, 2.75) is 58.7 Å². The molecule has 0 aromatic heterocycles. The van der Waals surface area contributed by atoms with Gasteiger partial charge in [0.1, 0.15) is 0 Å². The summed E-state index contributed by atoms with van der Waals surface area (Å²) in [7, 11) is 3.25. The molecule has 146 valence electrons. The topological polar surface area (TPSA) is 78.1 Å². The summed E-state index contributed by atoms with van der Waals surface area (Å²) >= 11 is 0. The van der Waals surface area contributed by atoms with Crippen LogP contribution in [0.1, 0.15) is 45.6 Å². The molecule has 0 heterocycles. The van der Waals surface area contributed by atoms with Crippen molar-refractivity contribution in [2.24, 2.45) is 16.1 Å². The van der Waals surface area contributed by atoms with Crippen LogP contribution in [0.4, 0.5) is 0 Å². The second-order valence-corrected chi connectivity index (χ2v) is 7.36. The third-order valence-corrected chi connectivity index (χ3v) is 5.20. The Labute approximate surface area is 157 Å². The van der Waals surface area contributed by atoms with E-state index >= 15 is 0 Å². The Hall–Kier alpha value is -1.95. The first kappa shape index (κ1) is 20.4. The first-order chi connectivity index (χ1) is 12.4. The van der Waals surface area contributed by atoms with Crippen LogP contribution < -0.4 is 20.5 Å². The molecule has 26 heavy (non-hydrogen) atoms. The zero-order valence-corrected chi connectivity index (χ0v) is 16.7. The molecule has 2 atom stereocenters. The maximum Gasteiger partial charge on any atom is 0.189 e. The Kier molecular flexibility index (Phi) is 7.14. The highest BCUT2D eigenvalue weighted by Gasteiger charge is 2.49. The number of methoxy groups -OCH3 is 2. The van der Waals surface area contributed by atoms with Crippen molar-refractivity contribution in [1.29, 1.82) is 0 Å². The molecule has 2 unspecified atom stereocenters. The molecular weight excluding hydrogens is 330 g/mol. The van der Waals surface area contributed by atoms with Gasteiger partial charge in [0.25, 0.3) is 0 Å². The van der Waals surface area contributed by atoms with Crippen molar-refractivity contribution < 1.29 is 14.2 Å². The fourth-order valence-corrected chi connectivity index (χ4v) is 3.16. The molecule has 1 fully saturated rings. The minimum atomic E-state index is 0.0528. The highest BCUT2D eigenvalue weighted by Crippen LogP contribution is 2.42. The van der Waals surface area contributed by atoms with Gasteiger partial charge in [-0.3, -0.25) is 0 Å². The molecular formula is C20H33N3O3. The van der Waals surface area contributed by atoms with Gasteiger partial charge in [-0.1, -0.05) is 33.3 Å². The lowest BCUT2D eigenvalue weighted by atomic mass is 9.64. The first-order valence-electron chi connectivity index (χ1n) is 9.31. The van der Waals surface area contributed by atoms with E-state index in [2.05, 4.69) is 31.1 Å². The molecule has 3 N–H and O–H groups in total. The second kappa shape index (κ2) is 9.12. The number of hydrogen-bond donors (Lipinski definition) is 2. The summed E-state index contributed by atoms with van der Waals surface area (Å²) in [4.78, 5) is 4.46. The smallest absolute Gasteiger partial charge is 0.189 e. The van der Waals surface area contributed by atoms with E-state index in [-0.39, 0.29) is 17.6 Å². The summed E-state index contributed by atoms with van der Waals surface area (Å²) in [5.41, 5.74) is 7.16. The second-order valence-electron chi connectivity index (χ2n) is 7.36. The average Bonchev–Trinajstić information content (AvgIpc) is 2.64. The van der Waals surface area contributed by atoms with Crippen molar-refractivity contribution in [3.05, 3.63) is 23.8 Å². The lowest BCUT2D eigenvalue weighted by molar-refractivity contribution is -0.113. The number of nitrogens with one attached hydrogen (secondary N) is 1. The number of aliphatic imine (C=N–C) groups is 1. The van der Waals surface area contributed by atoms with Crippen molar-refractivity contribution in [3.8, 4) is 11.5 Å². The molecule has 0 bridgehead atoms. The monoisotopic (exact) mass is 363 g/mol. The van der Waals surface area contributed by atoms with Gasteiger partial charge >= 0.3 is 0 Å². The van der Waals surface area contributed by atoms with Crippen LogP contribution in [0, 0.1) is 5.41 Å². The number of guanidine groups is 1. The van der Waals surface area contributed by atoms with Gasteiger partial charge in [0.2, 0.25) is 0 Å². The van der Waals surface area contributed by atoms with Crippen LogP contribution in [-0.2, 0) is 11.3 Å². The maximum absolute atomic E-state index is 6.09. The van der Waals surface area contributed by atoms with E-state index < -0.39 is 0 Å². The fourth-order valence-electron chi connectivity index (χ4n) is 3.16. The highest BCUT2D eigenvalue weighted by molar-refractivity contribution is 5.78. The molecule has 1 saturated carbocycles. The molecule has 0 saturated heterocycles. The molecule has 6 heteroatoms. The molecule has 1 aromatic carbocycles.